The first-order chi connectivity index (χ1) is 14.8. The van der Waals surface area contributed by atoms with Crippen molar-refractivity contribution >= 4 is 46.6 Å². The fourth-order valence-corrected chi connectivity index (χ4v) is 3.34. The maximum Gasteiger partial charge on any atom is 0.357 e. The lowest BCUT2D eigenvalue weighted by Crippen LogP contribution is -2.22. The van der Waals surface area contributed by atoms with Gasteiger partial charge in [-0.05, 0) is 36.6 Å². The quantitative estimate of drug-likeness (QED) is 0.242. The van der Waals surface area contributed by atoms with Crippen LogP contribution in [0.5, 0.6) is 0 Å². The number of nitro benzene ring substituents is 1. The van der Waals surface area contributed by atoms with E-state index in [0.29, 0.717) is 10.8 Å². The fraction of sp³-hybridized carbons (Fsp3) is 0.105. The smallest absolute Gasteiger partial charge is 0.357 e. The Balaban J connectivity index is 1.70. The van der Waals surface area contributed by atoms with Gasteiger partial charge in [0.2, 0.25) is 0 Å². The van der Waals surface area contributed by atoms with Crippen LogP contribution in [-0.4, -0.2) is 39.2 Å². The number of esters is 1. The molecule has 1 amide bonds. The third-order valence-electron chi connectivity index (χ3n) is 3.98. The van der Waals surface area contributed by atoms with E-state index in [1.807, 2.05) is 0 Å². The van der Waals surface area contributed by atoms with Gasteiger partial charge in [-0.15, -0.1) is 0 Å². The van der Waals surface area contributed by atoms with Crippen LogP contribution in [0.3, 0.4) is 0 Å². The lowest BCUT2D eigenvalue weighted by atomic mass is 10.3. The minimum Gasteiger partial charge on any atom is -0.451 e. The van der Waals surface area contributed by atoms with E-state index in [-0.39, 0.29) is 22.1 Å². The molecule has 0 bridgehead atoms. The predicted octanol–water partition coefficient (Wildman–Crippen LogP) is 4.09. The highest BCUT2D eigenvalue weighted by Crippen LogP contribution is 2.27. The Labute approximate surface area is 184 Å². The van der Waals surface area contributed by atoms with Gasteiger partial charge in [0, 0.05) is 17.8 Å². The molecular weight excluding hydrogens is 451 g/mol. The number of aromatic nitrogens is 2. The summed E-state index contributed by atoms with van der Waals surface area (Å²) in [7, 11) is 0. The topological polar surface area (TPSA) is 116 Å². The molecule has 0 fully saturated rings. The number of carbonyl (C=O) groups is 2. The number of nitro groups is 1. The highest BCUT2D eigenvalue weighted by Gasteiger charge is 2.20. The average molecular weight is 465 g/mol. The lowest BCUT2D eigenvalue weighted by molar-refractivity contribution is -0.384. The van der Waals surface area contributed by atoms with Crippen molar-refractivity contribution in [1.29, 1.82) is 0 Å². The maximum atomic E-state index is 13.2. The van der Waals surface area contributed by atoms with Crippen LogP contribution in [0.15, 0.2) is 53.8 Å². The number of carbonyl (C=O) groups excluding carboxylic acids is 2. The summed E-state index contributed by atoms with van der Waals surface area (Å²) >= 11 is 7.20. The van der Waals surface area contributed by atoms with Crippen molar-refractivity contribution in [2.75, 3.05) is 18.2 Å². The molecule has 3 aromatic rings. The molecule has 160 valence electrons. The van der Waals surface area contributed by atoms with Crippen molar-refractivity contribution in [1.82, 2.24) is 9.55 Å². The SMILES string of the molecule is CSc1ncc(C(=O)OCC(=O)Nc2ccc([N+](=O)[O-])cc2Cl)n1-c1ccc(F)cc1. The molecule has 31 heavy (non-hydrogen) atoms. The molecule has 1 N–H and O–H groups in total. The summed E-state index contributed by atoms with van der Waals surface area (Å²) in [6.45, 7) is -0.630. The number of imidazole rings is 1. The Morgan fingerprint density at radius 2 is 2.00 bits per heavy atom. The Bertz CT molecular complexity index is 1150. The van der Waals surface area contributed by atoms with Gasteiger partial charge in [0.15, 0.2) is 17.5 Å². The summed E-state index contributed by atoms with van der Waals surface area (Å²) in [5, 5.41) is 13.6. The predicted molar refractivity (Wildman–Crippen MR) is 112 cm³/mol. The van der Waals surface area contributed by atoms with E-state index < -0.39 is 29.2 Å². The molecular formula is C19H14ClFN4O5S. The number of ether oxygens (including phenoxy) is 1. The summed E-state index contributed by atoms with van der Waals surface area (Å²) in [6.07, 6.45) is 3.06. The number of anilines is 1. The Morgan fingerprint density at radius 3 is 2.61 bits per heavy atom. The van der Waals surface area contributed by atoms with Crippen LogP contribution < -0.4 is 5.32 Å². The number of hydrogen-bond acceptors (Lipinski definition) is 7. The number of halogens is 2. The van der Waals surface area contributed by atoms with Crippen molar-refractivity contribution < 1.29 is 23.6 Å². The van der Waals surface area contributed by atoms with E-state index >= 15 is 0 Å². The minimum atomic E-state index is -0.818. The highest BCUT2D eigenvalue weighted by molar-refractivity contribution is 7.98. The summed E-state index contributed by atoms with van der Waals surface area (Å²) in [4.78, 5) is 38.9. The summed E-state index contributed by atoms with van der Waals surface area (Å²) < 4.78 is 19.8. The van der Waals surface area contributed by atoms with Gasteiger partial charge < -0.3 is 10.1 Å². The van der Waals surface area contributed by atoms with Crippen LogP contribution in [0.2, 0.25) is 5.02 Å². The molecule has 9 nitrogen and oxygen atoms in total. The first-order valence-corrected chi connectivity index (χ1v) is 10.2. The van der Waals surface area contributed by atoms with E-state index in [2.05, 4.69) is 10.3 Å². The number of rotatable bonds is 7. The molecule has 0 aliphatic heterocycles. The number of non-ortho nitro benzene ring substituents is 1. The van der Waals surface area contributed by atoms with E-state index in [1.54, 1.807) is 6.26 Å². The fourth-order valence-electron chi connectivity index (χ4n) is 2.57. The van der Waals surface area contributed by atoms with Crippen LogP contribution in [-0.2, 0) is 9.53 Å². The van der Waals surface area contributed by atoms with Gasteiger partial charge in [0.05, 0.1) is 21.8 Å². The van der Waals surface area contributed by atoms with Crippen LogP contribution >= 0.6 is 23.4 Å². The van der Waals surface area contributed by atoms with Crippen LogP contribution in [0.1, 0.15) is 10.5 Å². The van der Waals surface area contributed by atoms with Crippen molar-refractivity contribution in [2.24, 2.45) is 0 Å². The van der Waals surface area contributed by atoms with Gasteiger partial charge in [-0.3, -0.25) is 19.5 Å². The maximum absolute atomic E-state index is 13.2. The zero-order valence-electron chi connectivity index (χ0n) is 15.9. The van der Waals surface area contributed by atoms with Crippen LogP contribution in [0.4, 0.5) is 15.8 Å². The minimum absolute atomic E-state index is 0.0344. The van der Waals surface area contributed by atoms with E-state index in [4.69, 9.17) is 16.3 Å². The number of amides is 1. The van der Waals surface area contributed by atoms with Gasteiger partial charge in [0.25, 0.3) is 11.6 Å². The number of hydrogen-bond donors (Lipinski definition) is 1. The molecule has 3 rings (SSSR count). The third-order valence-corrected chi connectivity index (χ3v) is 4.94. The van der Waals surface area contributed by atoms with Crippen molar-refractivity contribution in [3.8, 4) is 5.69 Å². The molecule has 0 aliphatic rings. The Hall–Kier alpha value is -3.44. The monoisotopic (exact) mass is 464 g/mol. The van der Waals surface area contributed by atoms with Gasteiger partial charge >= 0.3 is 5.97 Å². The van der Waals surface area contributed by atoms with Crippen molar-refractivity contribution in [3.05, 3.63) is 75.3 Å². The Kier molecular flexibility index (Phi) is 6.88. The molecule has 0 unspecified atom stereocenters. The van der Waals surface area contributed by atoms with Crippen LogP contribution in [0.25, 0.3) is 5.69 Å². The summed E-state index contributed by atoms with van der Waals surface area (Å²) in [5.74, 6) is -1.94. The summed E-state index contributed by atoms with van der Waals surface area (Å²) in [5.41, 5.74) is 0.455. The average Bonchev–Trinajstić information content (AvgIpc) is 3.18. The number of nitrogens with one attached hydrogen (secondary N) is 1. The van der Waals surface area contributed by atoms with E-state index in [0.717, 1.165) is 6.07 Å². The van der Waals surface area contributed by atoms with Crippen molar-refractivity contribution in [2.45, 2.75) is 5.16 Å². The zero-order valence-corrected chi connectivity index (χ0v) is 17.4. The molecule has 0 atom stereocenters. The van der Waals surface area contributed by atoms with E-state index in [1.165, 1.54) is 58.9 Å². The van der Waals surface area contributed by atoms with Crippen molar-refractivity contribution in [3.63, 3.8) is 0 Å². The van der Waals surface area contributed by atoms with Gasteiger partial charge in [-0.1, -0.05) is 23.4 Å². The number of nitrogens with zero attached hydrogens (tertiary/aromatic N) is 3. The van der Waals surface area contributed by atoms with Gasteiger partial charge in [-0.2, -0.15) is 0 Å². The molecule has 1 heterocycles. The van der Waals surface area contributed by atoms with E-state index in [9.17, 15) is 24.1 Å². The number of thioether (sulfide) groups is 1. The normalized spacial score (nSPS) is 10.5. The standard InChI is InChI=1S/C19H14ClFN4O5S/c1-31-19-22-9-16(24(19)12-4-2-11(21)3-5-12)18(27)30-10-17(26)23-15-7-6-13(25(28)29)8-14(15)20/h2-9H,10H2,1H3,(H,23,26). The first kappa shape index (κ1) is 22.2. The molecule has 2 aromatic carbocycles. The second-order valence-electron chi connectivity index (χ2n) is 5.99. The molecule has 12 heteroatoms. The second kappa shape index (κ2) is 9.58. The molecule has 0 radical (unpaired) electrons. The first-order valence-electron chi connectivity index (χ1n) is 8.58. The van der Waals surface area contributed by atoms with Gasteiger partial charge in [-0.25, -0.2) is 14.2 Å². The molecule has 0 aliphatic carbocycles. The Morgan fingerprint density at radius 1 is 1.29 bits per heavy atom. The highest BCUT2D eigenvalue weighted by atomic mass is 35.5. The third kappa shape index (κ3) is 5.19. The lowest BCUT2D eigenvalue weighted by Gasteiger charge is -2.11. The second-order valence-corrected chi connectivity index (χ2v) is 7.17. The molecule has 0 spiro atoms. The zero-order chi connectivity index (χ0) is 22.5. The number of benzene rings is 2. The largest absolute Gasteiger partial charge is 0.451 e. The summed E-state index contributed by atoms with van der Waals surface area (Å²) in [6, 6.07) is 9.00. The van der Waals surface area contributed by atoms with Crippen LogP contribution in [0, 0.1) is 15.9 Å². The molecule has 0 saturated carbocycles. The molecule has 0 saturated heterocycles. The van der Waals surface area contributed by atoms with Gasteiger partial charge in [0.1, 0.15) is 5.82 Å². The molecule has 1 aromatic heterocycles.